The van der Waals surface area contributed by atoms with Crippen molar-refractivity contribution in [1.82, 2.24) is 0 Å². The minimum Gasteiger partial charge on any atom is -0.508 e. The number of carbonyl (C=O) groups is 1. The van der Waals surface area contributed by atoms with Crippen molar-refractivity contribution in [3.8, 4) is 23.0 Å². The summed E-state index contributed by atoms with van der Waals surface area (Å²) >= 11 is 0. The smallest absolute Gasteiger partial charge is 0.489 e. The first kappa shape index (κ1) is 16.7. The Morgan fingerprint density at radius 3 is 2.00 bits per heavy atom. The Morgan fingerprint density at radius 2 is 1.43 bits per heavy atom. The number of rotatable bonds is 1. The van der Waals surface area contributed by atoms with Crippen molar-refractivity contribution in [3.05, 3.63) is 76.9 Å². The van der Waals surface area contributed by atoms with Crippen LogP contribution in [0.3, 0.4) is 0 Å². The number of esters is 1. The Labute approximate surface area is 159 Å². The summed E-state index contributed by atoms with van der Waals surface area (Å²) in [4.78, 5) is 12.8. The fraction of sp³-hybridized carbons (Fsp3) is 0.0500. The van der Waals surface area contributed by atoms with Gasteiger partial charge in [0.1, 0.15) is 23.0 Å². The minimum atomic E-state index is -1.85. The van der Waals surface area contributed by atoms with Crippen molar-refractivity contribution >= 4 is 18.6 Å². The summed E-state index contributed by atoms with van der Waals surface area (Å²) in [6.07, 6.45) is 0. The number of phenols is 2. The van der Waals surface area contributed by atoms with E-state index in [1.807, 2.05) is 0 Å². The van der Waals surface area contributed by atoms with Crippen molar-refractivity contribution in [2.75, 3.05) is 0 Å². The monoisotopic (exact) mass is 376 g/mol. The molecule has 0 atom stereocenters. The lowest BCUT2D eigenvalue weighted by Gasteiger charge is -2.36. The predicted octanol–water partition coefficient (Wildman–Crippen LogP) is 1.35. The van der Waals surface area contributed by atoms with Crippen LogP contribution >= 0.6 is 0 Å². The molecule has 0 bridgehead atoms. The first-order valence-electron chi connectivity index (χ1n) is 8.49. The van der Waals surface area contributed by atoms with E-state index in [1.165, 1.54) is 30.3 Å². The topological polar surface area (TPSA) is 116 Å². The molecule has 0 aliphatic carbocycles. The molecule has 3 aromatic rings. The molecule has 0 unspecified atom stereocenters. The van der Waals surface area contributed by atoms with Gasteiger partial charge >= 0.3 is 13.1 Å². The maximum atomic E-state index is 12.8. The predicted molar refractivity (Wildman–Crippen MR) is 97.9 cm³/mol. The van der Waals surface area contributed by atoms with Crippen LogP contribution in [0.1, 0.15) is 27.0 Å². The summed E-state index contributed by atoms with van der Waals surface area (Å²) in [5, 5.41) is 39.2. The number of hydrogen-bond donors (Lipinski definition) is 4. The van der Waals surface area contributed by atoms with Crippen LogP contribution in [-0.4, -0.2) is 33.3 Å². The van der Waals surface area contributed by atoms with E-state index in [2.05, 4.69) is 0 Å². The second kappa shape index (κ2) is 5.51. The molecular formula is C20H13BO7. The number of phenolic OH excluding ortho intramolecular Hbond substituents is 2. The van der Waals surface area contributed by atoms with E-state index >= 15 is 0 Å². The third kappa shape index (κ3) is 2.04. The number of ether oxygens (including phenoxy) is 2. The molecular weight excluding hydrogens is 363 g/mol. The zero-order chi connectivity index (χ0) is 19.6. The maximum absolute atomic E-state index is 12.8. The van der Waals surface area contributed by atoms with Crippen LogP contribution in [0.5, 0.6) is 23.0 Å². The van der Waals surface area contributed by atoms with E-state index < -0.39 is 18.7 Å². The third-order valence-corrected chi connectivity index (χ3v) is 5.11. The molecule has 4 N–H and O–H groups in total. The van der Waals surface area contributed by atoms with Gasteiger partial charge in [-0.15, -0.1) is 0 Å². The van der Waals surface area contributed by atoms with Crippen molar-refractivity contribution in [2.45, 2.75) is 5.60 Å². The summed E-state index contributed by atoms with van der Waals surface area (Å²) in [7, 11) is -1.85. The van der Waals surface area contributed by atoms with Crippen LogP contribution in [0, 0.1) is 0 Å². The molecule has 8 heteroatoms. The average Bonchev–Trinajstić information content (AvgIpc) is 2.95. The Morgan fingerprint density at radius 1 is 0.821 bits per heavy atom. The first-order valence-corrected chi connectivity index (χ1v) is 8.49. The van der Waals surface area contributed by atoms with Crippen LogP contribution in [0.4, 0.5) is 0 Å². The van der Waals surface area contributed by atoms with Gasteiger partial charge in [0.25, 0.3) is 0 Å². The van der Waals surface area contributed by atoms with Gasteiger partial charge in [-0.3, -0.25) is 0 Å². The van der Waals surface area contributed by atoms with Gasteiger partial charge in [0.05, 0.1) is 5.56 Å². The zero-order valence-electron chi connectivity index (χ0n) is 14.3. The number of carbonyl (C=O) groups excluding carboxylic acids is 1. The van der Waals surface area contributed by atoms with Gasteiger partial charge in [-0.25, -0.2) is 4.79 Å². The molecule has 5 rings (SSSR count). The molecule has 0 saturated carbocycles. The van der Waals surface area contributed by atoms with E-state index in [9.17, 15) is 25.1 Å². The standard InChI is InChI=1S/C20H13BO7/c22-10-4-6-12-16(8-10)27-17-9-11(23)5-7-13(17)20(12)14-2-1-3-15(21(25)26)18(14)19(24)28-20/h1-9,22-23,25-26H. The molecule has 0 fully saturated rings. The largest absolute Gasteiger partial charge is 0.508 e. The van der Waals surface area contributed by atoms with Crippen molar-refractivity contribution in [2.24, 2.45) is 0 Å². The maximum Gasteiger partial charge on any atom is 0.489 e. The SMILES string of the molecule is O=C1OC2(c3ccc(O)cc3Oc3cc(O)ccc32)c2cccc(B(O)O)c21. The number of aromatic hydroxyl groups is 2. The van der Waals surface area contributed by atoms with Gasteiger partial charge in [0, 0.05) is 28.8 Å². The molecule has 0 amide bonds. The molecule has 0 radical (unpaired) electrons. The average molecular weight is 376 g/mol. The summed E-state index contributed by atoms with van der Waals surface area (Å²) in [6.45, 7) is 0. The fourth-order valence-corrected chi connectivity index (χ4v) is 3.99. The van der Waals surface area contributed by atoms with Crippen LogP contribution in [-0.2, 0) is 10.3 Å². The third-order valence-electron chi connectivity index (χ3n) is 5.11. The van der Waals surface area contributed by atoms with Gasteiger partial charge in [0.15, 0.2) is 5.60 Å². The van der Waals surface area contributed by atoms with Crippen LogP contribution in [0.2, 0.25) is 0 Å². The molecule has 0 saturated heterocycles. The van der Waals surface area contributed by atoms with E-state index in [0.29, 0.717) is 16.7 Å². The number of hydrogen-bond acceptors (Lipinski definition) is 7. The van der Waals surface area contributed by atoms with Crippen LogP contribution in [0.25, 0.3) is 0 Å². The molecule has 138 valence electrons. The second-order valence-corrected chi connectivity index (χ2v) is 6.68. The van der Waals surface area contributed by atoms with Crippen LogP contribution in [0.15, 0.2) is 54.6 Å². The Kier molecular flexibility index (Phi) is 3.28. The van der Waals surface area contributed by atoms with Crippen molar-refractivity contribution in [1.29, 1.82) is 0 Å². The normalized spacial score (nSPS) is 15.3. The van der Waals surface area contributed by atoms with Crippen molar-refractivity contribution < 1.29 is 34.5 Å². The quantitative estimate of drug-likeness (QED) is 0.374. The van der Waals surface area contributed by atoms with Gasteiger partial charge in [0.2, 0.25) is 0 Å². The lowest BCUT2D eigenvalue weighted by atomic mass is 9.71. The highest BCUT2D eigenvalue weighted by molar-refractivity contribution is 6.60. The molecule has 0 aromatic heterocycles. The van der Waals surface area contributed by atoms with Gasteiger partial charge in [-0.2, -0.15) is 0 Å². The molecule has 28 heavy (non-hydrogen) atoms. The summed E-state index contributed by atoms with van der Waals surface area (Å²) in [5.41, 5.74) is 0.0522. The zero-order valence-corrected chi connectivity index (χ0v) is 14.3. The van der Waals surface area contributed by atoms with E-state index in [1.54, 1.807) is 24.3 Å². The Bertz CT molecular complexity index is 1100. The molecule has 2 aliphatic rings. The highest BCUT2D eigenvalue weighted by atomic mass is 16.6. The lowest BCUT2D eigenvalue weighted by Crippen LogP contribution is -2.35. The molecule has 2 aliphatic heterocycles. The number of benzene rings is 3. The van der Waals surface area contributed by atoms with Gasteiger partial charge in [-0.1, -0.05) is 18.2 Å². The fourth-order valence-electron chi connectivity index (χ4n) is 3.99. The van der Waals surface area contributed by atoms with E-state index in [0.717, 1.165) is 0 Å². The lowest BCUT2D eigenvalue weighted by molar-refractivity contribution is 0.0224. The van der Waals surface area contributed by atoms with Crippen LogP contribution < -0.4 is 10.2 Å². The summed E-state index contributed by atoms with van der Waals surface area (Å²) in [6, 6.07) is 13.6. The molecule has 7 nitrogen and oxygen atoms in total. The minimum absolute atomic E-state index is 0.0338. The summed E-state index contributed by atoms with van der Waals surface area (Å²) in [5.74, 6) is -0.274. The highest BCUT2D eigenvalue weighted by Gasteiger charge is 2.54. The van der Waals surface area contributed by atoms with Gasteiger partial charge in [-0.05, 0) is 29.7 Å². The molecule has 3 aromatic carbocycles. The Hall–Kier alpha value is -3.49. The second-order valence-electron chi connectivity index (χ2n) is 6.68. The van der Waals surface area contributed by atoms with E-state index in [4.69, 9.17) is 9.47 Å². The van der Waals surface area contributed by atoms with E-state index in [-0.39, 0.29) is 34.0 Å². The highest BCUT2D eigenvalue weighted by Crippen LogP contribution is 2.56. The summed E-state index contributed by atoms with van der Waals surface area (Å²) < 4.78 is 11.7. The molecule has 1 spiro atoms. The molecule has 2 heterocycles. The Balaban J connectivity index is 1.90. The number of fused-ring (bicyclic) bond motifs is 6. The van der Waals surface area contributed by atoms with Gasteiger partial charge < -0.3 is 29.7 Å². The van der Waals surface area contributed by atoms with Crippen molar-refractivity contribution in [3.63, 3.8) is 0 Å². The first-order chi connectivity index (χ1) is 13.4.